The lowest BCUT2D eigenvalue weighted by atomic mass is 9.78. The largest absolute Gasteiger partial charge is 0.465 e. The molecule has 1 aromatic carbocycles. The smallest absolute Gasteiger partial charge is 0.407 e. The van der Waals surface area contributed by atoms with Gasteiger partial charge in [0.05, 0.1) is 5.41 Å². The molecule has 2 aliphatic heterocycles. The van der Waals surface area contributed by atoms with E-state index in [2.05, 4.69) is 5.32 Å². The number of nitrogens with one attached hydrogen (secondary N) is 1. The Hall–Kier alpha value is -2.30. The highest BCUT2D eigenvalue weighted by Crippen LogP contribution is 2.41. The summed E-state index contributed by atoms with van der Waals surface area (Å²) < 4.78 is 0. The van der Waals surface area contributed by atoms with Gasteiger partial charge in [-0.05, 0) is 18.1 Å². The van der Waals surface area contributed by atoms with Crippen molar-refractivity contribution in [3.05, 3.63) is 42.0 Å². The Bertz CT molecular complexity index is 582. The van der Waals surface area contributed by atoms with Crippen molar-refractivity contribution < 1.29 is 14.7 Å². The van der Waals surface area contributed by atoms with E-state index < -0.39 is 11.5 Å². The molecular weight excluding hydrogens is 244 g/mol. The first kappa shape index (κ1) is 11.8. The van der Waals surface area contributed by atoms with Gasteiger partial charge in [0.2, 0.25) is 5.91 Å². The Morgan fingerprint density at radius 2 is 2.11 bits per heavy atom. The molecule has 0 aliphatic carbocycles. The molecule has 0 radical (unpaired) electrons. The SMILES string of the molecule is O=C(O)N1CC=CCC2(C1)C(=O)Nc1ccccc12. The van der Waals surface area contributed by atoms with Crippen LogP contribution in [0.15, 0.2) is 36.4 Å². The van der Waals surface area contributed by atoms with E-state index in [0.29, 0.717) is 13.0 Å². The number of allylic oxidation sites excluding steroid dienone is 1. The van der Waals surface area contributed by atoms with Gasteiger partial charge in [-0.15, -0.1) is 0 Å². The average molecular weight is 258 g/mol. The first-order valence-corrected chi connectivity index (χ1v) is 6.17. The normalized spacial score (nSPS) is 25.1. The van der Waals surface area contributed by atoms with Gasteiger partial charge in [0.25, 0.3) is 0 Å². The van der Waals surface area contributed by atoms with Crippen molar-refractivity contribution in [2.24, 2.45) is 0 Å². The van der Waals surface area contributed by atoms with E-state index in [1.54, 1.807) is 6.08 Å². The monoisotopic (exact) mass is 258 g/mol. The van der Waals surface area contributed by atoms with Gasteiger partial charge in [-0.25, -0.2) is 4.79 Å². The molecule has 19 heavy (non-hydrogen) atoms. The zero-order valence-corrected chi connectivity index (χ0v) is 10.3. The van der Waals surface area contributed by atoms with Crippen LogP contribution in [-0.4, -0.2) is 35.1 Å². The molecule has 2 amide bonds. The molecule has 98 valence electrons. The summed E-state index contributed by atoms with van der Waals surface area (Å²) >= 11 is 0. The van der Waals surface area contributed by atoms with E-state index in [-0.39, 0.29) is 12.5 Å². The number of nitrogens with zero attached hydrogens (tertiary/aromatic N) is 1. The number of benzene rings is 1. The third kappa shape index (κ3) is 1.69. The van der Waals surface area contributed by atoms with Crippen molar-refractivity contribution in [3.63, 3.8) is 0 Å². The van der Waals surface area contributed by atoms with Crippen LogP contribution < -0.4 is 5.32 Å². The molecule has 1 aromatic rings. The average Bonchev–Trinajstić information content (AvgIpc) is 2.55. The van der Waals surface area contributed by atoms with E-state index in [1.807, 2.05) is 30.3 Å². The van der Waals surface area contributed by atoms with Gasteiger partial charge >= 0.3 is 6.09 Å². The Kier molecular flexibility index (Phi) is 2.55. The number of anilines is 1. The predicted octanol–water partition coefficient (Wildman–Crippen LogP) is 1.82. The number of hydrogen-bond donors (Lipinski definition) is 2. The Morgan fingerprint density at radius 1 is 1.32 bits per heavy atom. The molecule has 2 N–H and O–H groups in total. The summed E-state index contributed by atoms with van der Waals surface area (Å²) in [4.78, 5) is 24.9. The Balaban J connectivity index is 2.08. The summed E-state index contributed by atoms with van der Waals surface area (Å²) in [6.45, 7) is 0.519. The lowest BCUT2D eigenvalue weighted by Crippen LogP contribution is -2.46. The minimum absolute atomic E-state index is 0.119. The number of para-hydroxylation sites is 1. The highest BCUT2D eigenvalue weighted by atomic mass is 16.4. The van der Waals surface area contributed by atoms with E-state index in [4.69, 9.17) is 0 Å². The van der Waals surface area contributed by atoms with Crippen LogP contribution in [0.2, 0.25) is 0 Å². The molecule has 2 heterocycles. The van der Waals surface area contributed by atoms with Crippen LogP contribution >= 0.6 is 0 Å². The zero-order valence-electron chi connectivity index (χ0n) is 10.3. The van der Waals surface area contributed by atoms with Crippen molar-refractivity contribution in [1.82, 2.24) is 4.90 Å². The maximum absolute atomic E-state index is 12.4. The molecule has 3 rings (SSSR count). The van der Waals surface area contributed by atoms with Gasteiger partial charge in [0.15, 0.2) is 0 Å². The highest BCUT2D eigenvalue weighted by Gasteiger charge is 2.48. The minimum Gasteiger partial charge on any atom is -0.465 e. The van der Waals surface area contributed by atoms with Crippen molar-refractivity contribution in [2.75, 3.05) is 18.4 Å². The number of amides is 2. The molecule has 0 fully saturated rings. The fourth-order valence-electron chi connectivity index (χ4n) is 2.82. The summed E-state index contributed by atoms with van der Waals surface area (Å²) in [6, 6.07) is 7.48. The van der Waals surface area contributed by atoms with Crippen LogP contribution in [-0.2, 0) is 10.2 Å². The first-order valence-electron chi connectivity index (χ1n) is 6.17. The zero-order chi connectivity index (χ0) is 13.5. The van der Waals surface area contributed by atoms with Crippen LogP contribution in [0.4, 0.5) is 10.5 Å². The van der Waals surface area contributed by atoms with Crippen LogP contribution in [0.25, 0.3) is 0 Å². The quantitative estimate of drug-likeness (QED) is 0.697. The van der Waals surface area contributed by atoms with Crippen molar-refractivity contribution in [2.45, 2.75) is 11.8 Å². The van der Waals surface area contributed by atoms with Gasteiger partial charge in [-0.3, -0.25) is 4.79 Å². The fourth-order valence-corrected chi connectivity index (χ4v) is 2.82. The summed E-state index contributed by atoms with van der Waals surface area (Å²) in [5.74, 6) is -0.119. The van der Waals surface area contributed by atoms with Gasteiger partial charge in [-0.1, -0.05) is 30.4 Å². The Morgan fingerprint density at radius 3 is 2.89 bits per heavy atom. The third-order valence-corrected chi connectivity index (χ3v) is 3.82. The van der Waals surface area contributed by atoms with Gasteiger partial charge in [0.1, 0.15) is 0 Å². The second-order valence-electron chi connectivity index (χ2n) is 4.92. The highest BCUT2D eigenvalue weighted by molar-refractivity contribution is 6.06. The van der Waals surface area contributed by atoms with Crippen LogP contribution in [0.5, 0.6) is 0 Å². The minimum atomic E-state index is -0.997. The van der Waals surface area contributed by atoms with Crippen molar-refractivity contribution in [1.29, 1.82) is 0 Å². The molecule has 5 nitrogen and oxygen atoms in total. The van der Waals surface area contributed by atoms with E-state index in [1.165, 1.54) is 4.90 Å². The van der Waals surface area contributed by atoms with Gasteiger partial charge in [0, 0.05) is 18.8 Å². The third-order valence-electron chi connectivity index (χ3n) is 3.82. The number of carbonyl (C=O) groups excluding carboxylic acids is 1. The maximum atomic E-state index is 12.4. The lowest BCUT2D eigenvalue weighted by Gasteiger charge is -2.29. The number of fused-ring (bicyclic) bond motifs is 2. The summed E-state index contributed by atoms with van der Waals surface area (Å²) in [7, 11) is 0. The van der Waals surface area contributed by atoms with Crippen LogP contribution in [0.3, 0.4) is 0 Å². The molecular formula is C14H14N2O3. The Labute approximate surface area is 110 Å². The summed E-state index contributed by atoms with van der Waals surface area (Å²) in [5, 5.41) is 12.1. The van der Waals surface area contributed by atoms with Crippen LogP contribution in [0, 0.1) is 0 Å². The molecule has 0 saturated heterocycles. The van der Waals surface area contributed by atoms with E-state index in [0.717, 1.165) is 11.3 Å². The fraction of sp³-hybridized carbons (Fsp3) is 0.286. The molecule has 0 bridgehead atoms. The molecule has 0 aromatic heterocycles. The topological polar surface area (TPSA) is 69.6 Å². The molecule has 1 spiro atoms. The molecule has 1 atom stereocenters. The second-order valence-corrected chi connectivity index (χ2v) is 4.92. The number of carboxylic acid groups (broad SMARTS) is 1. The second kappa shape index (κ2) is 4.12. The van der Waals surface area contributed by atoms with Crippen molar-refractivity contribution in [3.8, 4) is 0 Å². The summed E-state index contributed by atoms with van der Waals surface area (Å²) in [6.07, 6.45) is 3.23. The maximum Gasteiger partial charge on any atom is 0.407 e. The van der Waals surface area contributed by atoms with Crippen LogP contribution in [0.1, 0.15) is 12.0 Å². The standard InChI is InChI=1S/C14H14N2O3/c17-12-14(10-5-1-2-6-11(10)15-12)7-3-4-8-16(9-14)13(18)19/h1-6H,7-9H2,(H,15,17)(H,18,19). The van der Waals surface area contributed by atoms with E-state index >= 15 is 0 Å². The predicted molar refractivity (Wildman–Crippen MR) is 70.1 cm³/mol. The molecule has 2 aliphatic rings. The van der Waals surface area contributed by atoms with Gasteiger partial charge in [-0.2, -0.15) is 0 Å². The van der Waals surface area contributed by atoms with E-state index in [9.17, 15) is 14.7 Å². The number of carbonyl (C=O) groups is 2. The van der Waals surface area contributed by atoms with Crippen molar-refractivity contribution >= 4 is 17.7 Å². The first-order chi connectivity index (χ1) is 9.13. The molecule has 5 heteroatoms. The molecule has 1 unspecified atom stereocenters. The molecule has 0 saturated carbocycles. The van der Waals surface area contributed by atoms with Gasteiger partial charge < -0.3 is 15.3 Å². The summed E-state index contributed by atoms with van der Waals surface area (Å²) in [5.41, 5.74) is 0.882. The number of rotatable bonds is 0. The lowest BCUT2D eigenvalue weighted by molar-refractivity contribution is -0.121. The number of hydrogen-bond acceptors (Lipinski definition) is 2.